The first-order chi connectivity index (χ1) is 12.7. The maximum Gasteiger partial charge on any atom is 0.251 e. The molecule has 4 rings (SSSR count). The van der Waals surface area contributed by atoms with Gasteiger partial charge in [0.2, 0.25) is 0 Å². The largest absolute Gasteiger partial charge is 0.489 e. The Morgan fingerprint density at radius 1 is 1.08 bits per heavy atom. The summed E-state index contributed by atoms with van der Waals surface area (Å²) in [5, 5.41) is 3.22. The van der Waals surface area contributed by atoms with Crippen LogP contribution >= 0.6 is 0 Å². The highest BCUT2D eigenvalue weighted by molar-refractivity contribution is 5.94. The molecule has 2 aromatic carbocycles. The van der Waals surface area contributed by atoms with Gasteiger partial charge >= 0.3 is 0 Å². The normalized spacial score (nSPS) is 25.0. The van der Waals surface area contributed by atoms with E-state index in [4.69, 9.17) is 4.74 Å². The zero-order chi connectivity index (χ0) is 17.9. The Hall–Kier alpha value is -2.29. The SMILES string of the molecule is CC(NC(=O)c1ccc(OCc2ccccc2)cc1)C1CC2CCC1C2. The van der Waals surface area contributed by atoms with Gasteiger partial charge in [-0.15, -0.1) is 0 Å². The second-order valence-electron chi connectivity index (χ2n) is 7.90. The van der Waals surface area contributed by atoms with E-state index in [1.807, 2.05) is 54.6 Å². The van der Waals surface area contributed by atoms with Crippen molar-refractivity contribution in [2.75, 3.05) is 0 Å². The van der Waals surface area contributed by atoms with Crippen molar-refractivity contribution in [1.82, 2.24) is 5.32 Å². The first-order valence-electron chi connectivity index (χ1n) is 9.76. The lowest BCUT2D eigenvalue weighted by Gasteiger charge is -2.28. The lowest BCUT2D eigenvalue weighted by atomic mass is 9.84. The number of ether oxygens (including phenoxy) is 1. The summed E-state index contributed by atoms with van der Waals surface area (Å²) in [4.78, 5) is 12.6. The molecule has 2 bridgehead atoms. The van der Waals surface area contributed by atoms with Crippen LogP contribution in [0, 0.1) is 17.8 Å². The Morgan fingerprint density at radius 2 is 1.85 bits per heavy atom. The van der Waals surface area contributed by atoms with Crippen molar-refractivity contribution in [2.24, 2.45) is 17.8 Å². The topological polar surface area (TPSA) is 38.3 Å². The molecule has 0 spiro atoms. The van der Waals surface area contributed by atoms with Gasteiger partial charge in [-0.2, -0.15) is 0 Å². The predicted molar refractivity (Wildman–Crippen MR) is 103 cm³/mol. The van der Waals surface area contributed by atoms with Gasteiger partial charge in [0, 0.05) is 11.6 Å². The fourth-order valence-electron chi connectivity index (χ4n) is 4.75. The molecule has 0 saturated heterocycles. The molecule has 2 saturated carbocycles. The maximum absolute atomic E-state index is 12.6. The van der Waals surface area contributed by atoms with Crippen LogP contribution in [0.5, 0.6) is 5.75 Å². The van der Waals surface area contributed by atoms with Gasteiger partial charge < -0.3 is 10.1 Å². The molecule has 0 aliphatic heterocycles. The molecule has 2 fully saturated rings. The minimum atomic E-state index is 0.0230. The zero-order valence-electron chi connectivity index (χ0n) is 15.4. The Kier molecular flexibility index (Phi) is 4.96. The molecule has 3 nitrogen and oxygen atoms in total. The number of carbonyl (C=O) groups excluding carboxylic acids is 1. The molecule has 0 heterocycles. The molecule has 2 aliphatic rings. The fraction of sp³-hybridized carbons (Fsp3) is 0.435. The zero-order valence-corrected chi connectivity index (χ0v) is 15.4. The van der Waals surface area contributed by atoms with Crippen molar-refractivity contribution in [2.45, 2.75) is 45.3 Å². The molecule has 2 aliphatic carbocycles. The van der Waals surface area contributed by atoms with Crippen LogP contribution in [0.2, 0.25) is 0 Å². The van der Waals surface area contributed by atoms with E-state index in [-0.39, 0.29) is 11.9 Å². The smallest absolute Gasteiger partial charge is 0.251 e. The minimum absolute atomic E-state index is 0.0230. The Balaban J connectivity index is 1.30. The van der Waals surface area contributed by atoms with Gasteiger partial charge in [0.15, 0.2) is 0 Å². The average molecular weight is 349 g/mol. The van der Waals surface area contributed by atoms with E-state index in [1.54, 1.807) is 0 Å². The lowest BCUT2D eigenvalue weighted by Crippen LogP contribution is -2.40. The number of rotatable bonds is 6. The van der Waals surface area contributed by atoms with Gasteiger partial charge in [-0.05, 0) is 73.8 Å². The number of amides is 1. The van der Waals surface area contributed by atoms with Crippen molar-refractivity contribution in [3.8, 4) is 5.75 Å². The van der Waals surface area contributed by atoms with Crippen LogP contribution in [-0.2, 0) is 6.61 Å². The van der Waals surface area contributed by atoms with E-state index in [2.05, 4.69) is 12.2 Å². The van der Waals surface area contributed by atoms with Crippen LogP contribution in [0.1, 0.15) is 48.5 Å². The molecule has 0 aromatic heterocycles. The van der Waals surface area contributed by atoms with E-state index in [9.17, 15) is 4.79 Å². The summed E-state index contributed by atoms with van der Waals surface area (Å²) in [6.45, 7) is 2.70. The highest BCUT2D eigenvalue weighted by atomic mass is 16.5. The maximum atomic E-state index is 12.6. The number of hydrogen-bond acceptors (Lipinski definition) is 2. The molecule has 4 atom stereocenters. The summed E-state index contributed by atoms with van der Waals surface area (Å²) >= 11 is 0. The average Bonchev–Trinajstić information content (AvgIpc) is 3.31. The van der Waals surface area contributed by atoms with Gasteiger partial charge in [-0.25, -0.2) is 0 Å². The van der Waals surface area contributed by atoms with Crippen LogP contribution < -0.4 is 10.1 Å². The molecule has 136 valence electrons. The molecule has 26 heavy (non-hydrogen) atoms. The number of hydrogen-bond donors (Lipinski definition) is 1. The second-order valence-corrected chi connectivity index (χ2v) is 7.90. The van der Waals surface area contributed by atoms with Gasteiger partial charge in [0.05, 0.1) is 0 Å². The fourth-order valence-corrected chi connectivity index (χ4v) is 4.75. The molecular formula is C23H27NO2. The van der Waals surface area contributed by atoms with Crippen molar-refractivity contribution < 1.29 is 9.53 Å². The molecule has 1 N–H and O–H groups in total. The monoisotopic (exact) mass is 349 g/mol. The first-order valence-corrected chi connectivity index (χ1v) is 9.76. The first kappa shape index (κ1) is 17.1. The standard InChI is InChI=1S/C23H27NO2/c1-16(22-14-18-7-8-20(22)13-18)24-23(25)19-9-11-21(12-10-19)26-15-17-5-3-2-4-6-17/h2-6,9-12,16,18,20,22H,7-8,13-15H2,1H3,(H,24,25). The Morgan fingerprint density at radius 3 is 2.50 bits per heavy atom. The summed E-state index contributed by atoms with van der Waals surface area (Å²) in [7, 11) is 0. The quantitative estimate of drug-likeness (QED) is 0.812. The number of benzene rings is 2. The van der Waals surface area contributed by atoms with E-state index in [0.717, 1.165) is 23.1 Å². The highest BCUT2D eigenvalue weighted by Crippen LogP contribution is 2.49. The number of carbonyl (C=O) groups is 1. The molecule has 4 unspecified atom stereocenters. The predicted octanol–water partition coefficient (Wildman–Crippen LogP) is 4.82. The molecule has 3 heteroatoms. The van der Waals surface area contributed by atoms with Crippen LogP contribution in [0.15, 0.2) is 54.6 Å². The Bertz CT molecular complexity index is 741. The van der Waals surface area contributed by atoms with Crippen LogP contribution in [-0.4, -0.2) is 11.9 Å². The minimum Gasteiger partial charge on any atom is -0.489 e. The number of nitrogens with one attached hydrogen (secondary N) is 1. The van der Waals surface area contributed by atoms with E-state index in [1.165, 1.54) is 25.7 Å². The molecule has 1 amide bonds. The third-order valence-electron chi connectivity index (χ3n) is 6.16. The van der Waals surface area contributed by atoms with Crippen molar-refractivity contribution in [1.29, 1.82) is 0 Å². The third kappa shape index (κ3) is 3.77. The van der Waals surface area contributed by atoms with Crippen LogP contribution in [0.4, 0.5) is 0 Å². The van der Waals surface area contributed by atoms with Gasteiger partial charge in [-0.1, -0.05) is 36.8 Å². The summed E-state index contributed by atoms with van der Waals surface area (Å²) in [5.74, 6) is 3.20. The van der Waals surface area contributed by atoms with Gasteiger partial charge in [0.25, 0.3) is 5.91 Å². The van der Waals surface area contributed by atoms with E-state index < -0.39 is 0 Å². The number of fused-ring (bicyclic) bond motifs is 2. The van der Waals surface area contributed by atoms with Crippen LogP contribution in [0.3, 0.4) is 0 Å². The summed E-state index contributed by atoms with van der Waals surface area (Å²) < 4.78 is 5.79. The highest BCUT2D eigenvalue weighted by Gasteiger charge is 2.42. The van der Waals surface area contributed by atoms with Crippen molar-refractivity contribution in [3.05, 3.63) is 65.7 Å². The van der Waals surface area contributed by atoms with Crippen molar-refractivity contribution >= 4 is 5.91 Å². The molecular weight excluding hydrogens is 322 g/mol. The van der Waals surface area contributed by atoms with E-state index in [0.29, 0.717) is 18.1 Å². The Labute approximate surface area is 155 Å². The summed E-state index contributed by atoms with van der Waals surface area (Å²) in [6, 6.07) is 17.8. The van der Waals surface area contributed by atoms with Crippen LogP contribution in [0.25, 0.3) is 0 Å². The van der Waals surface area contributed by atoms with Gasteiger partial charge in [-0.3, -0.25) is 4.79 Å². The second kappa shape index (κ2) is 7.53. The lowest BCUT2D eigenvalue weighted by molar-refractivity contribution is 0.0915. The van der Waals surface area contributed by atoms with Crippen molar-refractivity contribution in [3.63, 3.8) is 0 Å². The third-order valence-corrected chi connectivity index (χ3v) is 6.16. The summed E-state index contributed by atoms with van der Waals surface area (Å²) in [6.07, 6.45) is 5.41. The molecule has 2 aromatic rings. The van der Waals surface area contributed by atoms with E-state index >= 15 is 0 Å². The summed E-state index contributed by atoms with van der Waals surface area (Å²) in [5.41, 5.74) is 1.83. The molecule has 0 radical (unpaired) electrons. The van der Waals surface area contributed by atoms with Gasteiger partial charge in [0.1, 0.15) is 12.4 Å².